The van der Waals surface area contributed by atoms with Crippen LogP contribution in [0.5, 0.6) is 0 Å². The van der Waals surface area contributed by atoms with Gasteiger partial charge in [0.25, 0.3) is 0 Å². The maximum Gasteiger partial charge on any atom is 0.0367 e. The minimum atomic E-state index is 0.692. The lowest BCUT2D eigenvalue weighted by atomic mass is 9.88. The lowest BCUT2D eigenvalue weighted by molar-refractivity contribution is 0.198. The van der Waals surface area contributed by atoms with Gasteiger partial charge in [0.15, 0.2) is 0 Å². The van der Waals surface area contributed by atoms with Gasteiger partial charge in [0.05, 0.1) is 0 Å². The number of rotatable bonds is 6. The second-order valence-corrected chi connectivity index (χ2v) is 10.1. The third kappa shape index (κ3) is 5.32. The molecule has 2 aromatic carbocycles. The number of piperazine rings is 1. The molecule has 3 heteroatoms. The van der Waals surface area contributed by atoms with Gasteiger partial charge in [0, 0.05) is 64.0 Å². The van der Waals surface area contributed by atoms with Crippen LogP contribution in [0.2, 0.25) is 0 Å². The summed E-state index contributed by atoms with van der Waals surface area (Å²) >= 11 is 0. The van der Waals surface area contributed by atoms with Gasteiger partial charge in [-0.05, 0) is 42.4 Å². The maximum absolute atomic E-state index is 2.82. The van der Waals surface area contributed by atoms with Gasteiger partial charge < -0.3 is 9.80 Å². The Morgan fingerprint density at radius 1 is 0.645 bits per heavy atom. The van der Waals surface area contributed by atoms with Gasteiger partial charge in [-0.3, -0.25) is 4.90 Å². The molecule has 2 heterocycles. The summed E-state index contributed by atoms with van der Waals surface area (Å²) in [5.74, 6) is 2.39. The van der Waals surface area contributed by atoms with Crippen molar-refractivity contribution in [2.45, 2.75) is 38.0 Å². The molecule has 0 unspecified atom stereocenters. The molecule has 5 rings (SSSR count). The van der Waals surface area contributed by atoms with E-state index in [1.807, 2.05) is 0 Å². The van der Waals surface area contributed by atoms with E-state index in [0.29, 0.717) is 5.92 Å². The van der Waals surface area contributed by atoms with Crippen molar-refractivity contribution < 1.29 is 0 Å². The lowest BCUT2D eigenvalue weighted by Gasteiger charge is -2.38. The van der Waals surface area contributed by atoms with Crippen LogP contribution in [0.25, 0.3) is 0 Å². The molecule has 1 aliphatic carbocycles. The van der Waals surface area contributed by atoms with E-state index >= 15 is 0 Å². The highest BCUT2D eigenvalue weighted by Gasteiger charge is 2.36. The fraction of sp³-hybridized carbons (Fsp3) is 0.571. The Morgan fingerprint density at radius 3 is 2.03 bits per heavy atom. The summed E-state index contributed by atoms with van der Waals surface area (Å²) in [6, 6.07) is 22.3. The van der Waals surface area contributed by atoms with E-state index in [2.05, 4.69) is 75.4 Å². The number of likely N-dealkylation sites (tertiary alicyclic amines) is 1. The number of anilines is 1. The minimum Gasteiger partial charge on any atom is -0.369 e. The first-order valence-corrected chi connectivity index (χ1v) is 12.6. The predicted octanol–water partition coefficient (Wildman–Crippen LogP) is 5.10. The second kappa shape index (κ2) is 10.2. The van der Waals surface area contributed by atoms with Crippen LogP contribution in [0.3, 0.4) is 0 Å². The SMILES string of the molecule is c1ccc([C@H]2CN(CC3CCCCC3)C[C@@H]2CN2CCN(c3ccccc3)CC2)cc1. The number of hydrogen-bond donors (Lipinski definition) is 0. The van der Waals surface area contributed by atoms with Crippen LogP contribution >= 0.6 is 0 Å². The van der Waals surface area contributed by atoms with Crippen LogP contribution < -0.4 is 4.90 Å². The Kier molecular flexibility index (Phi) is 6.91. The highest BCUT2D eigenvalue weighted by Crippen LogP contribution is 2.35. The Bertz CT molecular complexity index is 778. The molecule has 0 N–H and O–H groups in total. The molecular weight excluding hydrogens is 378 g/mol. The van der Waals surface area contributed by atoms with Crippen LogP contribution in [-0.2, 0) is 0 Å². The summed E-state index contributed by atoms with van der Waals surface area (Å²) in [4.78, 5) is 8.11. The molecule has 0 bridgehead atoms. The second-order valence-electron chi connectivity index (χ2n) is 10.1. The minimum absolute atomic E-state index is 0.692. The van der Waals surface area contributed by atoms with Crippen molar-refractivity contribution in [3.05, 3.63) is 66.2 Å². The van der Waals surface area contributed by atoms with Crippen molar-refractivity contribution in [2.24, 2.45) is 11.8 Å². The van der Waals surface area contributed by atoms with Gasteiger partial charge in [-0.2, -0.15) is 0 Å². The van der Waals surface area contributed by atoms with Gasteiger partial charge in [-0.1, -0.05) is 67.8 Å². The van der Waals surface area contributed by atoms with E-state index in [0.717, 1.165) is 24.9 Å². The Labute approximate surface area is 189 Å². The summed E-state index contributed by atoms with van der Waals surface area (Å²) in [5.41, 5.74) is 2.94. The third-order valence-electron chi connectivity index (χ3n) is 7.97. The summed E-state index contributed by atoms with van der Waals surface area (Å²) in [5, 5.41) is 0. The fourth-order valence-electron chi connectivity index (χ4n) is 6.27. The van der Waals surface area contributed by atoms with E-state index in [1.54, 1.807) is 5.56 Å². The normalized spacial score (nSPS) is 26.4. The summed E-state index contributed by atoms with van der Waals surface area (Å²) < 4.78 is 0. The quantitative estimate of drug-likeness (QED) is 0.647. The summed E-state index contributed by atoms with van der Waals surface area (Å²) in [6.07, 6.45) is 7.28. The average Bonchev–Trinajstić information content (AvgIpc) is 3.23. The third-order valence-corrected chi connectivity index (χ3v) is 7.97. The zero-order valence-corrected chi connectivity index (χ0v) is 19.0. The van der Waals surface area contributed by atoms with Crippen LogP contribution in [-0.4, -0.2) is 62.2 Å². The number of nitrogens with zero attached hydrogens (tertiary/aromatic N) is 3. The van der Waals surface area contributed by atoms with Crippen LogP contribution in [0.1, 0.15) is 43.6 Å². The van der Waals surface area contributed by atoms with Crippen molar-refractivity contribution >= 4 is 5.69 Å². The number of hydrogen-bond acceptors (Lipinski definition) is 3. The maximum atomic E-state index is 2.82. The van der Waals surface area contributed by atoms with Gasteiger partial charge in [-0.15, -0.1) is 0 Å². The molecule has 3 fully saturated rings. The van der Waals surface area contributed by atoms with Crippen LogP contribution in [0.4, 0.5) is 5.69 Å². The van der Waals surface area contributed by atoms with Crippen molar-refractivity contribution in [2.75, 3.05) is 57.3 Å². The smallest absolute Gasteiger partial charge is 0.0367 e. The van der Waals surface area contributed by atoms with E-state index < -0.39 is 0 Å². The molecule has 2 aliphatic heterocycles. The molecule has 2 saturated heterocycles. The molecule has 2 aromatic rings. The summed E-state index contributed by atoms with van der Waals surface area (Å²) in [6.45, 7) is 9.82. The molecule has 0 aromatic heterocycles. The molecule has 0 radical (unpaired) electrons. The highest BCUT2D eigenvalue weighted by atomic mass is 15.3. The summed E-state index contributed by atoms with van der Waals surface area (Å²) in [7, 11) is 0. The first-order chi connectivity index (χ1) is 15.3. The van der Waals surface area contributed by atoms with E-state index in [-0.39, 0.29) is 0 Å². The first-order valence-electron chi connectivity index (χ1n) is 12.6. The average molecular weight is 418 g/mol. The van der Waals surface area contributed by atoms with E-state index in [4.69, 9.17) is 0 Å². The van der Waals surface area contributed by atoms with E-state index in [1.165, 1.54) is 77.1 Å². The zero-order valence-electron chi connectivity index (χ0n) is 19.0. The van der Waals surface area contributed by atoms with Crippen LogP contribution in [0, 0.1) is 11.8 Å². The van der Waals surface area contributed by atoms with Gasteiger partial charge >= 0.3 is 0 Å². The molecule has 0 amide bonds. The molecule has 1 saturated carbocycles. The molecule has 31 heavy (non-hydrogen) atoms. The highest BCUT2D eigenvalue weighted by molar-refractivity contribution is 5.46. The number of para-hydroxylation sites is 1. The monoisotopic (exact) mass is 417 g/mol. The zero-order chi connectivity index (χ0) is 20.9. The first kappa shape index (κ1) is 21.0. The molecule has 0 spiro atoms. The molecule has 3 aliphatic rings. The van der Waals surface area contributed by atoms with E-state index in [9.17, 15) is 0 Å². The fourth-order valence-corrected chi connectivity index (χ4v) is 6.27. The Morgan fingerprint density at radius 2 is 1.32 bits per heavy atom. The topological polar surface area (TPSA) is 9.72 Å². The Balaban J connectivity index is 1.21. The number of benzene rings is 2. The van der Waals surface area contributed by atoms with Crippen molar-refractivity contribution in [1.82, 2.24) is 9.80 Å². The van der Waals surface area contributed by atoms with Crippen molar-refractivity contribution in [3.8, 4) is 0 Å². The largest absolute Gasteiger partial charge is 0.369 e. The molecule has 3 nitrogen and oxygen atoms in total. The molecule has 166 valence electrons. The van der Waals surface area contributed by atoms with Gasteiger partial charge in [-0.25, -0.2) is 0 Å². The van der Waals surface area contributed by atoms with Gasteiger partial charge in [0.2, 0.25) is 0 Å². The lowest BCUT2D eigenvalue weighted by Crippen LogP contribution is -2.48. The van der Waals surface area contributed by atoms with Crippen LogP contribution in [0.15, 0.2) is 60.7 Å². The predicted molar refractivity (Wildman–Crippen MR) is 131 cm³/mol. The van der Waals surface area contributed by atoms with Crippen molar-refractivity contribution in [3.63, 3.8) is 0 Å². The molecule has 2 atom stereocenters. The molecular formula is C28H39N3. The Hall–Kier alpha value is -1.84. The van der Waals surface area contributed by atoms with Crippen molar-refractivity contribution in [1.29, 1.82) is 0 Å². The standard InChI is InChI=1S/C28H39N3/c1-4-10-24(11-5-1)20-30-22-26(28(23-30)25-12-6-2-7-13-25)21-29-16-18-31(19-17-29)27-14-8-3-9-15-27/h2-3,6-9,12-15,24,26,28H,1,4-5,10-11,16-23H2/t26-,28+/m0/s1. The van der Waals surface area contributed by atoms with Gasteiger partial charge in [0.1, 0.15) is 0 Å².